The maximum Gasteiger partial charge on any atom is 0.345 e. The molecule has 1 heterocycles. The molecule has 152 valence electrons. The van der Waals surface area contributed by atoms with E-state index in [9.17, 15) is 25.0 Å². The van der Waals surface area contributed by atoms with Crippen LogP contribution in [-0.4, -0.2) is 25.7 Å². The van der Waals surface area contributed by atoms with Gasteiger partial charge in [0.1, 0.15) is 6.33 Å². The van der Waals surface area contributed by atoms with Gasteiger partial charge in [0.2, 0.25) is 5.82 Å². The average molecular weight is 447 g/mol. The van der Waals surface area contributed by atoms with Crippen molar-refractivity contribution in [1.29, 1.82) is 0 Å². The predicted octanol–water partition coefficient (Wildman–Crippen LogP) is 3.85. The van der Waals surface area contributed by atoms with E-state index in [1.165, 1.54) is 24.3 Å². The first-order valence-corrected chi connectivity index (χ1v) is 9.28. The summed E-state index contributed by atoms with van der Waals surface area (Å²) < 4.78 is 0. The van der Waals surface area contributed by atoms with Crippen LogP contribution in [0.4, 0.5) is 17.2 Å². The van der Waals surface area contributed by atoms with Crippen LogP contribution in [0.3, 0.4) is 0 Å². The number of aromatic nitrogens is 2. The molecule has 0 aliphatic rings. The van der Waals surface area contributed by atoms with Crippen molar-refractivity contribution in [2.45, 2.75) is 9.92 Å². The molecule has 11 nitrogen and oxygen atoms in total. The molecule has 0 aliphatic carbocycles. The van der Waals surface area contributed by atoms with Gasteiger partial charge in [-0.25, -0.2) is 9.97 Å². The van der Waals surface area contributed by atoms with Crippen molar-refractivity contribution in [3.05, 3.63) is 85.7 Å². The van der Waals surface area contributed by atoms with Gasteiger partial charge in [0.05, 0.1) is 9.85 Å². The molecule has 0 aliphatic heterocycles. The molecule has 0 unspecified atom stereocenters. The van der Waals surface area contributed by atoms with Crippen LogP contribution in [0.1, 0.15) is 10.4 Å². The Labute approximate surface area is 177 Å². The van der Waals surface area contributed by atoms with Gasteiger partial charge in [-0.05, 0) is 36.4 Å². The summed E-state index contributed by atoms with van der Waals surface area (Å²) in [4.78, 5) is 41.6. The number of nitro benzene ring substituents is 1. The zero-order valence-corrected chi connectivity index (χ0v) is 16.4. The van der Waals surface area contributed by atoms with Crippen LogP contribution in [0.5, 0.6) is 0 Å². The summed E-state index contributed by atoms with van der Waals surface area (Å²) in [5.41, 5.74) is 4.19. The van der Waals surface area contributed by atoms with Crippen molar-refractivity contribution >= 4 is 46.5 Å². The number of benzene rings is 2. The lowest BCUT2D eigenvalue weighted by Gasteiger charge is -2.09. The zero-order valence-electron chi connectivity index (χ0n) is 14.8. The lowest BCUT2D eigenvalue weighted by molar-refractivity contribution is -0.387. The molecule has 2 N–H and O–H groups in total. The van der Waals surface area contributed by atoms with E-state index in [4.69, 9.17) is 11.6 Å². The fourth-order valence-electron chi connectivity index (χ4n) is 2.23. The Morgan fingerprint density at radius 3 is 2.23 bits per heavy atom. The Hall–Kier alpha value is -3.77. The van der Waals surface area contributed by atoms with Gasteiger partial charge in [-0.2, -0.15) is 0 Å². The zero-order chi connectivity index (χ0) is 21.7. The third-order valence-electron chi connectivity index (χ3n) is 3.63. The molecule has 0 spiro atoms. The normalized spacial score (nSPS) is 10.3. The Morgan fingerprint density at radius 1 is 0.967 bits per heavy atom. The fourth-order valence-corrected chi connectivity index (χ4v) is 3.22. The molecule has 1 aromatic heterocycles. The van der Waals surface area contributed by atoms with E-state index < -0.39 is 21.4 Å². The summed E-state index contributed by atoms with van der Waals surface area (Å²) in [7, 11) is 0. The van der Waals surface area contributed by atoms with E-state index in [0.29, 0.717) is 9.92 Å². The van der Waals surface area contributed by atoms with Gasteiger partial charge < -0.3 is 0 Å². The molecular formula is C17H11ClN6O5S. The highest BCUT2D eigenvalue weighted by Gasteiger charge is 2.24. The largest absolute Gasteiger partial charge is 0.345 e. The monoisotopic (exact) mass is 446 g/mol. The predicted molar refractivity (Wildman–Crippen MR) is 108 cm³/mol. The Bertz CT molecular complexity index is 1110. The van der Waals surface area contributed by atoms with Crippen LogP contribution in [0.25, 0.3) is 0 Å². The van der Waals surface area contributed by atoms with Crippen LogP contribution in [0.15, 0.2) is 64.8 Å². The number of nitro groups is 2. The molecule has 0 saturated heterocycles. The topological polar surface area (TPSA) is 153 Å². The summed E-state index contributed by atoms with van der Waals surface area (Å²) >= 11 is 6.87. The van der Waals surface area contributed by atoms with Gasteiger partial charge in [-0.1, -0.05) is 23.4 Å². The fraction of sp³-hybridized carbons (Fsp3) is 0. The SMILES string of the molecule is O=C(NNc1ncnc(Sc2ccc(Cl)cc2)c1[N+](=O)[O-])c1ccc([N+](=O)[O-])cc1. The number of non-ortho nitro benzene ring substituents is 1. The molecule has 0 bridgehead atoms. The maximum absolute atomic E-state index is 12.2. The van der Waals surface area contributed by atoms with E-state index >= 15 is 0 Å². The Morgan fingerprint density at radius 2 is 1.63 bits per heavy atom. The van der Waals surface area contributed by atoms with Gasteiger partial charge in [0, 0.05) is 27.6 Å². The van der Waals surface area contributed by atoms with E-state index in [1.54, 1.807) is 24.3 Å². The maximum atomic E-state index is 12.2. The number of halogens is 1. The summed E-state index contributed by atoms with van der Waals surface area (Å²) in [6, 6.07) is 11.5. The minimum Gasteiger partial charge on any atom is -0.276 e. The van der Waals surface area contributed by atoms with Crippen molar-refractivity contribution in [2.24, 2.45) is 0 Å². The van der Waals surface area contributed by atoms with Gasteiger partial charge in [-0.3, -0.25) is 35.9 Å². The average Bonchev–Trinajstić information content (AvgIpc) is 2.73. The number of anilines is 1. The van der Waals surface area contributed by atoms with E-state index in [-0.39, 0.29) is 22.1 Å². The number of rotatable bonds is 7. The van der Waals surface area contributed by atoms with Gasteiger partial charge in [0.15, 0.2) is 5.03 Å². The number of carbonyl (C=O) groups is 1. The number of hydrogen-bond donors (Lipinski definition) is 2. The molecule has 13 heteroatoms. The first-order valence-electron chi connectivity index (χ1n) is 8.09. The molecular weight excluding hydrogens is 436 g/mol. The van der Waals surface area contributed by atoms with E-state index in [1.807, 2.05) is 0 Å². The second-order valence-electron chi connectivity index (χ2n) is 5.57. The standard InChI is InChI=1S/C17H11ClN6O5S/c18-11-3-7-13(8-4-11)30-17-14(24(28)29)15(19-9-20-17)21-22-16(25)10-1-5-12(6-2-10)23(26)27/h1-9H,(H,22,25)(H,19,20,21). The molecule has 0 fully saturated rings. The molecule has 0 radical (unpaired) electrons. The van der Waals surface area contributed by atoms with Crippen molar-refractivity contribution in [2.75, 3.05) is 5.43 Å². The minimum absolute atomic E-state index is 0.0596. The third kappa shape index (κ3) is 4.98. The van der Waals surface area contributed by atoms with E-state index in [0.717, 1.165) is 18.1 Å². The van der Waals surface area contributed by atoms with Crippen molar-refractivity contribution in [3.8, 4) is 0 Å². The van der Waals surface area contributed by atoms with Crippen LogP contribution < -0.4 is 10.9 Å². The number of nitrogens with zero attached hydrogens (tertiary/aromatic N) is 4. The quantitative estimate of drug-likeness (QED) is 0.312. The first-order chi connectivity index (χ1) is 14.3. The van der Waals surface area contributed by atoms with Crippen molar-refractivity contribution in [1.82, 2.24) is 15.4 Å². The molecule has 3 rings (SSSR count). The van der Waals surface area contributed by atoms with Gasteiger partial charge >= 0.3 is 5.69 Å². The van der Waals surface area contributed by atoms with Gasteiger partial charge in [0.25, 0.3) is 11.6 Å². The molecule has 2 aromatic carbocycles. The molecule has 0 saturated carbocycles. The molecule has 30 heavy (non-hydrogen) atoms. The van der Waals surface area contributed by atoms with Crippen LogP contribution in [0, 0.1) is 20.2 Å². The number of hydrazine groups is 1. The Kier molecular flexibility index (Phi) is 6.39. The summed E-state index contributed by atoms with van der Waals surface area (Å²) in [5, 5.41) is 22.8. The summed E-state index contributed by atoms with van der Waals surface area (Å²) in [6.45, 7) is 0. The van der Waals surface area contributed by atoms with Crippen LogP contribution in [0.2, 0.25) is 5.02 Å². The number of hydrogen-bond acceptors (Lipinski definition) is 9. The van der Waals surface area contributed by atoms with Crippen LogP contribution >= 0.6 is 23.4 Å². The highest BCUT2D eigenvalue weighted by molar-refractivity contribution is 7.99. The highest BCUT2D eigenvalue weighted by atomic mass is 35.5. The second-order valence-corrected chi connectivity index (χ2v) is 7.07. The second kappa shape index (κ2) is 9.15. The molecule has 0 atom stereocenters. The van der Waals surface area contributed by atoms with Crippen molar-refractivity contribution < 1.29 is 14.6 Å². The Balaban J connectivity index is 1.78. The first kappa shape index (κ1) is 21.0. The molecule has 1 amide bonds. The number of amides is 1. The highest BCUT2D eigenvalue weighted by Crippen LogP contribution is 2.36. The van der Waals surface area contributed by atoms with Crippen molar-refractivity contribution in [3.63, 3.8) is 0 Å². The summed E-state index contributed by atoms with van der Waals surface area (Å²) in [5.74, 6) is -0.883. The van der Waals surface area contributed by atoms with Gasteiger partial charge in [-0.15, -0.1) is 0 Å². The minimum atomic E-state index is -0.668. The lowest BCUT2D eigenvalue weighted by Crippen LogP contribution is -2.30. The smallest absolute Gasteiger partial charge is 0.276 e. The van der Waals surface area contributed by atoms with E-state index in [2.05, 4.69) is 20.8 Å². The number of nitrogens with one attached hydrogen (secondary N) is 2. The lowest BCUT2D eigenvalue weighted by atomic mass is 10.2. The molecule has 3 aromatic rings. The number of carbonyl (C=O) groups excluding carboxylic acids is 1. The van der Waals surface area contributed by atoms with Crippen LogP contribution in [-0.2, 0) is 0 Å². The third-order valence-corrected chi connectivity index (χ3v) is 4.89. The summed E-state index contributed by atoms with van der Waals surface area (Å²) in [6.07, 6.45) is 1.12.